The molecule has 2 spiro atoms. The second kappa shape index (κ2) is 25.0. The zero-order chi connectivity index (χ0) is 81.6. The molecule has 0 amide bonds. The van der Waals surface area contributed by atoms with E-state index >= 15 is 0 Å². The number of Topliss-reactive ketones (excluding diaryl/α,β-unsaturated/α-hetero) is 3. The fourth-order valence-corrected chi connectivity index (χ4v) is 39.7. The van der Waals surface area contributed by atoms with Gasteiger partial charge in [-0.2, -0.15) is 0 Å². The average molecular weight is 1740 g/mol. The zero-order valence-corrected chi connectivity index (χ0v) is 74.4. The minimum Gasteiger partial charge on any atom is -0.466 e. The van der Waals surface area contributed by atoms with E-state index in [9.17, 15) is 63.9 Å². The predicted octanol–water partition coefficient (Wildman–Crippen LogP) is 14.6. The maximum Gasteiger partial charge on any atom is 0.384 e. The fraction of sp³-hybridized carbons (Fsp3) is 0.880. The fourth-order valence-electron chi connectivity index (χ4n) is 39.7. The van der Waals surface area contributed by atoms with Crippen molar-refractivity contribution < 1.29 is 82.8 Å². The van der Waals surface area contributed by atoms with Gasteiger partial charge in [0.2, 0.25) is 0 Å². The minimum atomic E-state index is -1.14. The number of rotatable bonds is 5. The smallest absolute Gasteiger partial charge is 0.384 e. The van der Waals surface area contributed by atoms with Crippen LogP contribution in [0.5, 0.6) is 0 Å². The van der Waals surface area contributed by atoms with Crippen molar-refractivity contribution in [3.8, 4) is 11.8 Å². The highest BCUT2D eigenvalue weighted by atomic mass is 127. The van der Waals surface area contributed by atoms with Gasteiger partial charge in [0.05, 0.1) is 35.6 Å². The molecule has 5 N–H and O–H groups in total. The van der Waals surface area contributed by atoms with Crippen LogP contribution in [0.3, 0.4) is 0 Å². The number of esters is 4. The van der Waals surface area contributed by atoms with Crippen molar-refractivity contribution in [1.29, 1.82) is 0 Å². The quantitative estimate of drug-likeness (QED) is 0.0562. The molecule has 26 rings (SSSR count). The van der Waals surface area contributed by atoms with Crippen molar-refractivity contribution in [3.05, 3.63) is 11.6 Å². The molecule has 2 heterocycles. The standard InChI is InChI=1S/C26H38O5.C26H34O5.C24H32O4.C24H30O3.HI/c2*1-4-31-20(28)7-10-25(29)19-12-16(19)22-21-15-11-18(15)26(30)13-14(27)5-8-23(26,2)17(21)6-9-24(22,25)3;1-21-6-3-12(25)11-23(21,27)16-9-13(16)19-15(21)4-7-22(2)20(19)14-10-17(14)24(22)8-5-18(26)28-24;1-22-6-3-12(25)9-17(22)13-10-14(13)20-16(22)4-7-23(2)21(20)15-11-18(15)24(23)8-5-19(26)27-24;/h15-19,21-22,29-30H,4-13H2,1-3H3;15-19,21-22,29-30H,4-6,8-9,11-13H2,1-3H3;13-17,19-20,27H,3-11H2,1-2H3;9,13-16,18,20-21H,3-8,10-11H2,1-2H3;1H/t2*15-,16+,17?,18+,19-,21?,22?,23+,24-,25-,26+;13-,14+,15?,16+,17-,19?,20?,21+,22-,23+,24-;13-,14+,15-,16?,18+,20?,21?,22-,23+,24+;/m0001./s1. The summed E-state index contributed by atoms with van der Waals surface area (Å²) in [7, 11) is 0. The normalized spacial score (nSPS) is 60.3. The number of carbonyl (C=O) groups is 8. The summed E-state index contributed by atoms with van der Waals surface area (Å²) in [6.07, 6.45) is 30.8. The van der Waals surface area contributed by atoms with Gasteiger partial charge in [-0.15, -0.1) is 24.0 Å². The van der Waals surface area contributed by atoms with Crippen molar-refractivity contribution in [3.63, 3.8) is 0 Å². The largest absolute Gasteiger partial charge is 0.466 e. The number of carbonyl (C=O) groups excluding carboxylic acids is 8. The monoisotopic (exact) mass is 1730 g/mol. The van der Waals surface area contributed by atoms with Crippen molar-refractivity contribution >= 4 is 71.0 Å². The maximum absolute atomic E-state index is 12.3. The van der Waals surface area contributed by atoms with E-state index in [0.717, 1.165) is 151 Å². The van der Waals surface area contributed by atoms with E-state index in [2.05, 4.69) is 73.3 Å². The molecule has 12 unspecified atom stereocenters. The first kappa shape index (κ1) is 80.2. The van der Waals surface area contributed by atoms with Gasteiger partial charge in [0.1, 0.15) is 34.2 Å². The van der Waals surface area contributed by atoms with Crippen LogP contribution in [0.1, 0.15) is 281 Å². The van der Waals surface area contributed by atoms with Gasteiger partial charge in [-0.1, -0.05) is 66.9 Å². The third-order valence-corrected chi connectivity index (χ3v) is 45.2. The average Bonchev–Trinajstić information content (AvgIpc) is 1.48. The SMILES string of the molecule is CCOC(=O)C#C[C@]1(O)[C@H]2C[C@H]2C2C3C(CC[C@@]21C)[C@@]1(C)CCC(=O)C[C@@]1(O)[C@@H]1C[C@H]31.CCOC(=O)CC[C@]1(O)[C@H]2C[C@H]2C2C3C(CC[C@@]21C)[C@@]1(C)CCC(=O)C[C@@]1(O)[C@@H]1C[C@H]31.C[C@]12CCC(=O)C=C1[C@@H]1C[C@@H]1C1C2CC[C@@]2(C)C1[C@@H]1C[C@@H]1[C@@]21CCC(=O)O1.C[C@]12CCC3C(C1[C@@H]1C[C@@H]1[C@@]21CCC(=O)O1)[C@H]1C[C@H]1[C@]1(O)CC(=O)CC[C@]31C.I. The summed E-state index contributed by atoms with van der Waals surface area (Å²) in [5.41, 5.74) is -3.55. The Kier molecular flexibility index (Phi) is 17.0. The van der Waals surface area contributed by atoms with Crippen molar-refractivity contribution in [2.75, 3.05) is 13.2 Å². The molecule has 18 heteroatoms. The van der Waals surface area contributed by atoms with Crippen LogP contribution < -0.4 is 0 Å². The van der Waals surface area contributed by atoms with E-state index in [1.54, 1.807) is 6.92 Å². The van der Waals surface area contributed by atoms with Crippen LogP contribution in [-0.4, -0.2) is 125 Å². The molecule has 118 heavy (non-hydrogen) atoms. The summed E-state index contributed by atoms with van der Waals surface area (Å²) in [6, 6.07) is 0. The van der Waals surface area contributed by atoms with E-state index in [0.29, 0.717) is 189 Å². The second-order valence-corrected chi connectivity index (χ2v) is 48.1. The van der Waals surface area contributed by atoms with Gasteiger partial charge in [-0.05, 0) is 326 Å². The summed E-state index contributed by atoms with van der Waals surface area (Å²) in [6.45, 7) is 23.0. The highest BCUT2D eigenvalue weighted by Crippen LogP contribution is 2.88. The Labute approximate surface area is 715 Å². The van der Waals surface area contributed by atoms with Crippen molar-refractivity contribution in [1.82, 2.24) is 0 Å². The van der Waals surface area contributed by atoms with E-state index in [1.165, 1.54) is 37.7 Å². The van der Waals surface area contributed by atoms with Crippen LogP contribution in [0.25, 0.3) is 0 Å². The summed E-state index contributed by atoms with van der Waals surface area (Å²) >= 11 is 0. The van der Waals surface area contributed by atoms with Gasteiger partial charge in [-0.3, -0.25) is 33.6 Å². The van der Waals surface area contributed by atoms with Gasteiger partial charge in [0, 0.05) is 120 Å². The molecule has 2 aliphatic heterocycles. The van der Waals surface area contributed by atoms with E-state index in [4.69, 9.17) is 18.9 Å². The van der Waals surface area contributed by atoms with Gasteiger partial charge < -0.3 is 44.5 Å². The number of halogens is 1. The molecule has 0 aromatic rings. The lowest BCUT2D eigenvalue weighted by Gasteiger charge is -2.64. The lowest BCUT2D eigenvalue weighted by atomic mass is 9.42. The Morgan fingerprint density at radius 1 is 0.415 bits per heavy atom. The first-order chi connectivity index (χ1) is 55.4. The second-order valence-electron chi connectivity index (χ2n) is 48.1. The molecule has 17 nitrogen and oxygen atoms in total. The number of hydrogen-bond donors (Lipinski definition) is 5. The molecule has 0 aromatic heterocycles. The van der Waals surface area contributed by atoms with Crippen molar-refractivity contribution in [2.45, 2.75) is 320 Å². The molecular formula is C100H135IO17. The Bertz CT molecular complexity index is 4540. The van der Waals surface area contributed by atoms with E-state index < -0.39 is 34.0 Å². The molecule has 0 radical (unpaired) electrons. The van der Waals surface area contributed by atoms with Crippen LogP contribution in [0, 0.1) is 221 Å². The van der Waals surface area contributed by atoms with Crippen LogP contribution in [0.15, 0.2) is 11.6 Å². The van der Waals surface area contributed by atoms with Gasteiger partial charge >= 0.3 is 23.9 Å². The van der Waals surface area contributed by atoms with Crippen LogP contribution >= 0.6 is 24.0 Å². The Balaban J connectivity index is 0.0000000948. The van der Waals surface area contributed by atoms with E-state index in [1.807, 2.05) is 6.92 Å². The minimum absolute atomic E-state index is 0. The van der Waals surface area contributed by atoms with Crippen LogP contribution in [-0.2, 0) is 57.3 Å². The summed E-state index contributed by atoms with van der Waals surface area (Å²) < 4.78 is 22.6. The number of allylic oxidation sites excluding steroid dienone is 1. The Morgan fingerprint density at radius 3 is 1.28 bits per heavy atom. The number of ether oxygens (including phenoxy) is 4. The molecule has 0 bridgehead atoms. The number of fused-ring (bicyclic) bond motifs is 44. The van der Waals surface area contributed by atoms with Crippen LogP contribution in [0.4, 0.5) is 0 Å². The molecule has 2 saturated heterocycles. The molecule has 23 saturated carbocycles. The zero-order valence-electron chi connectivity index (χ0n) is 72.0. The molecule has 26 aliphatic rings. The van der Waals surface area contributed by atoms with E-state index in [-0.39, 0.29) is 138 Å². The Hall–Kier alpha value is -3.61. The first-order valence-electron chi connectivity index (χ1n) is 48.1. The van der Waals surface area contributed by atoms with Crippen molar-refractivity contribution in [2.24, 2.45) is 209 Å². The third-order valence-electron chi connectivity index (χ3n) is 45.2. The summed E-state index contributed by atoms with van der Waals surface area (Å²) in [5.74, 6) is 21.0. The molecule has 43 atom stereocenters. The van der Waals surface area contributed by atoms with Gasteiger partial charge in [0.15, 0.2) is 5.78 Å². The third kappa shape index (κ3) is 9.74. The molecule has 24 aliphatic carbocycles. The van der Waals surface area contributed by atoms with Gasteiger partial charge in [-0.25, -0.2) is 4.79 Å². The summed E-state index contributed by atoms with van der Waals surface area (Å²) in [5, 5.41) is 59.3. The molecule has 25 fully saturated rings. The first-order valence-corrected chi connectivity index (χ1v) is 48.1. The lowest BCUT2D eigenvalue weighted by Crippen LogP contribution is -2.65. The van der Waals surface area contributed by atoms with Gasteiger partial charge in [0.25, 0.3) is 0 Å². The predicted molar refractivity (Wildman–Crippen MR) is 442 cm³/mol. The number of hydrogen-bond acceptors (Lipinski definition) is 17. The topological polar surface area (TPSA) is 275 Å². The summed E-state index contributed by atoms with van der Waals surface area (Å²) in [4.78, 5) is 97.3. The number of aliphatic hydroxyl groups is 5. The highest BCUT2D eigenvalue weighted by molar-refractivity contribution is 14.0. The maximum atomic E-state index is 12.3. The Morgan fingerprint density at radius 2 is 0.814 bits per heavy atom. The lowest BCUT2D eigenvalue weighted by molar-refractivity contribution is -0.224. The molecule has 0 aromatic carbocycles. The highest BCUT2D eigenvalue weighted by Gasteiger charge is 2.88. The molecular weight excluding hydrogens is 1600 g/mol. The molecule has 644 valence electrons. The van der Waals surface area contributed by atoms with Crippen LogP contribution in [0.2, 0.25) is 0 Å². The number of ketones is 4.